The maximum Gasteiger partial charge on any atom is 0.323 e. The van der Waals surface area contributed by atoms with Crippen LogP contribution in [0.25, 0.3) is 0 Å². The van der Waals surface area contributed by atoms with Gasteiger partial charge in [-0.3, -0.25) is 9.69 Å². The van der Waals surface area contributed by atoms with Crippen LogP contribution in [0.5, 0.6) is 0 Å². The van der Waals surface area contributed by atoms with Gasteiger partial charge in [0.05, 0.1) is 18.8 Å². The second kappa shape index (κ2) is 5.95. The molecule has 100 valence electrons. The van der Waals surface area contributed by atoms with E-state index in [9.17, 15) is 4.79 Å². The molecule has 6 heteroatoms. The highest BCUT2D eigenvalue weighted by atomic mass is 16.5. The van der Waals surface area contributed by atoms with E-state index in [0.717, 1.165) is 25.9 Å². The molecular formula is C12H20N4O2. The lowest BCUT2D eigenvalue weighted by Crippen LogP contribution is -2.45. The van der Waals surface area contributed by atoms with E-state index in [1.54, 1.807) is 6.20 Å². The predicted octanol–water partition coefficient (Wildman–Crippen LogP) is 0.867. The van der Waals surface area contributed by atoms with E-state index in [1.807, 2.05) is 24.7 Å². The van der Waals surface area contributed by atoms with Gasteiger partial charge in [-0.25, -0.2) is 4.68 Å². The van der Waals surface area contributed by atoms with E-state index in [2.05, 4.69) is 15.2 Å². The Labute approximate surface area is 107 Å². The molecular weight excluding hydrogens is 232 g/mol. The number of rotatable bonds is 4. The number of likely N-dealkylation sites (tertiary alicyclic amines) is 1. The lowest BCUT2D eigenvalue weighted by Gasteiger charge is -2.34. The van der Waals surface area contributed by atoms with E-state index < -0.39 is 0 Å². The lowest BCUT2D eigenvalue weighted by molar-refractivity contribution is -0.149. The van der Waals surface area contributed by atoms with Crippen molar-refractivity contribution in [3.8, 4) is 0 Å². The molecule has 0 saturated carbocycles. The van der Waals surface area contributed by atoms with Crippen LogP contribution < -0.4 is 0 Å². The van der Waals surface area contributed by atoms with E-state index in [4.69, 9.17) is 4.74 Å². The van der Waals surface area contributed by atoms with Crippen molar-refractivity contribution in [3.63, 3.8) is 0 Å². The molecule has 6 nitrogen and oxygen atoms in total. The summed E-state index contributed by atoms with van der Waals surface area (Å²) >= 11 is 0. The Bertz CT molecular complexity index is 371. The minimum atomic E-state index is -0.151. The summed E-state index contributed by atoms with van der Waals surface area (Å²) in [6.45, 7) is 5.98. The van der Waals surface area contributed by atoms with Gasteiger partial charge in [-0.1, -0.05) is 5.21 Å². The molecule has 1 aliphatic rings. The molecule has 18 heavy (non-hydrogen) atoms. The summed E-state index contributed by atoms with van der Waals surface area (Å²) < 4.78 is 6.96. The molecule has 0 bridgehead atoms. The molecule has 0 radical (unpaired) electrons. The number of hydrogen-bond acceptors (Lipinski definition) is 5. The van der Waals surface area contributed by atoms with E-state index in [-0.39, 0.29) is 12.0 Å². The number of carbonyl (C=O) groups excluding carboxylic acids is 1. The Hall–Kier alpha value is -1.43. The molecule has 1 saturated heterocycles. The minimum Gasteiger partial charge on any atom is -0.465 e. The molecule has 1 aromatic heterocycles. The first-order valence-electron chi connectivity index (χ1n) is 6.49. The van der Waals surface area contributed by atoms with Crippen molar-refractivity contribution < 1.29 is 9.53 Å². The fourth-order valence-electron chi connectivity index (χ4n) is 2.36. The molecule has 0 N–H and O–H groups in total. The average molecular weight is 252 g/mol. The predicted molar refractivity (Wildman–Crippen MR) is 66.0 cm³/mol. The standard InChI is InChI=1S/C12H20N4O2/c1-3-18-12(17)10(2)15-7-4-11(5-8-15)16-9-6-13-14-16/h6,9-11H,3-5,7-8H2,1-2H3. The number of hydrogen-bond donors (Lipinski definition) is 0. The van der Waals surface area contributed by atoms with Crippen molar-refractivity contribution in [1.29, 1.82) is 0 Å². The zero-order valence-corrected chi connectivity index (χ0v) is 11.0. The van der Waals surface area contributed by atoms with Crippen molar-refractivity contribution in [1.82, 2.24) is 19.9 Å². The topological polar surface area (TPSA) is 60.2 Å². The van der Waals surface area contributed by atoms with Crippen LogP contribution in [0.2, 0.25) is 0 Å². The molecule has 1 unspecified atom stereocenters. The number of ether oxygens (including phenoxy) is 1. The van der Waals surface area contributed by atoms with Crippen molar-refractivity contribution in [2.45, 2.75) is 38.8 Å². The van der Waals surface area contributed by atoms with Gasteiger partial charge in [0.2, 0.25) is 0 Å². The van der Waals surface area contributed by atoms with Crippen LogP contribution in [-0.4, -0.2) is 51.6 Å². The first-order valence-corrected chi connectivity index (χ1v) is 6.49. The van der Waals surface area contributed by atoms with Crippen molar-refractivity contribution >= 4 is 5.97 Å². The molecule has 2 heterocycles. The Morgan fingerprint density at radius 1 is 1.50 bits per heavy atom. The third-order valence-electron chi connectivity index (χ3n) is 3.49. The van der Waals surface area contributed by atoms with E-state index >= 15 is 0 Å². The molecule has 1 aliphatic heterocycles. The maximum absolute atomic E-state index is 11.7. The zero-order valence-electron chi connectivity index (χ0n) is 11.0. The molecule has 0 aromatic carbocycles. The van der Waals surface area contributed by atoms with Gasteiger partial charge in [0.15, 0.2) is 0 Å². The largest absolute Gasteiger partial charge is 0.465 e. The van der Waals surface area contributed by atoms with Crippen LogP contribution in [0.4, 0.5) is 0 Å². The summed E-state index contributed by atoms with van der Waals surface area (Å²) in [6, 6.07) is 0.250. The molecule has 1 atom stereocenters. The van der Waals surface area contributed by atoms with Gasteiger partial charge in [-0.15, -0.1) is 5.10 Å². The Morgan fingerprint density at radius 2 is 2.22 bits per heavy atom. The normalized spacial score (nSPS) is 19.7. The van der Waals surface area contributed by atoms with Gasteiger partial charge < -0.3 is 4.74 Å². The minimum absolute atomic E-state index is 0.128. The Morgan fingerprint density at radius 3 is 2.78 bits per heavy atom. The highest BCUT2D eigenvalue weighted by Crippen LogP contribution is 2.22. The number of nitrogens with zero attached hydrogens (tertiary/aromatic N) is 4. The Kier molecular flexibility index (Phi) is 4.30. The van der Waals surface area contributed by atoms with Crippen molar-refractivity contribution in [2.24, 2.45) is 0 Å². The van der Waals surface area contributed by atoms with Crippen LogP contribution in [0.1, 0.15) is 32.7 Å². The van der Waals surface area contributed by atoms with Gasteiger partial charge >= 0.3 is 5.97 Å². The first kappa shape index (κ1) is 13.0. The van der Waals surface area contributed by atoms with E-state index in [1.165, 1.54) is 0 Å². The van der Waals surface area contributed by atoms with Gasteiger partial charge in [-0.2, -0.15) is 0 Å². The van der Waals surface area contributed by atoms with Crippen LogP contribution in [0.3, 0.4) is 0 Å². The number of carbonyl (C=O) groups is 1. The van der Waals surface area contributed by atoms with Crippen LogP contribution in [0.15, 0.2) is 12.4 Å². The quantitative estimate of drug-likeness (QED) is 0.744. The third kappa shape index (κ3) is 2.87. The van der Waals surface area contributed by atoms with Gasteiger partial charge in [0.25, 0.3) is 0 Å². The summed E-state index contributed by atoms with van der Waals surface area (Å²) in [5, 5.41) is 7.86. The highest BCUT2D eigenvalue weighted by molar-refractivity contribution is 5.75. The molecule has 0 amide bonds. The second-order valence-corrected chi connectivity index (χ2v) is 4.58. The molecule has 1 aromatic rings. The lowest BCUT2D eigenvalue weighted by atomic mass is 10.0. The fourth-order valence-corrected chi connectivity index (χ4v) is 2.36. The maximum atomic E-state index is 11.7. The highest BCUT2D eigenvalue weighted by Gasteiger charge is 2.28. The number of piperidine rings is 1. The van der Waals surface area contributed by atoms with Gasteiger partial charge in [-0.05, 0) is 26.7 Å². The van der Waals surface area contributed by atoms with Crippen molar-refractivity contribution in [3.05, 3.63) is 12.4 Å². The molecule has 2 rings (SSSR count). The molecule has 0 spiro atoms. The fraction of sp³-hybridized carbons (Fsp3) is 0.750. The summed E-state index contributed by atoms with van der Waals surface area (Å²) in [7, 11) is 0. The smallest absolute Gasteiger partial charge is 0.323 e. The molecule has 1 fully saturated rings. The molecule has 0 aliphatic carbocycles. The average Bonchev–Trinajstić information content (AvgIpc) is 2.92. The first-order chi connectivity index (χ1) is 8.72. The number of aromatic nitrogens is 3. The Balaban J connectivity index is 1.84. The van der Waals surface area contributed by atoms with Gasteiger partial charge in [0.1, 0.15) is 6.04 Å². The van der Waals surface area contributed by atoms with E-state index in [0.29, 0.717) is 12.6 Å². The summed E-state index contributed by atoms with van der Waals surface area (Å²) in [4.78, 5) is 13.8. The SMILES string of the molecule is CCOC(=O)C(C)N1CCC(n2ccnn2)CC1. The number of esters is 1. The van der Waals surface area contributed by atoms with Crippen LogP contribution in [-0.2, 0) is 9.53 Å². The third-order valence-corrected chi connectivity index (χ3v) is 3.49. The summed E-state index contributed by atoms with van der Waals surface area (Å²) in [6.07, 6.45) is 5.59. The van der Waals surface area contributed by atoms with Gasteiger partial charge in [0, 0.05) is 19.3 Å². The summed E-state index contributed by atoms with van der Waals surface area (Å²) in [5.41, 5.74) is 0. The van der Waals surface area contributed by atoms with Crippen molar-refractivity contribution in [2.75, 3.05) is 19.7 Å². The zero-order chi connectivity index (χ0) is 13.0. The van der Waals surface area contributed by atoms with Crippen LogP contribution >= 0.6 is 0 Å². The van der Waals surface area contributed by atoms with Crippen LogP contribution in [0, 0.1) is 0 Å². The summed E-state index contributed by atoms with van der Waals surface area (Å²) in [5.74, 6) is -0.128. The second-order valence-electron chi connectivity index (χ2n) is 4.58. The monoisotopic (exact) mass is 252 g/mol.